The molecule has 3 N–H and O–H groups in total. The van der Waals surface area contributed by atoms with E-state index in [1.807, 2.05) is 0 Å². The van der Waals surface area contributed by atoms with Crippen LogP contribution in [0.3, 0.4) is 0 Å². The van der Waals surface area contributed by atoms with Gasteiger partial charge in [0, 0.05) is 13.2 Å². The van der Waals surface area contributed by atoms with Crippen LogP contribution in [0.4, 0.5) is 0 Å². The number of hydrogen-bond acceptors (Lipinski definition) is 3. The Balaban J connectivity index is 0.00000133. The first-order valence-electron chi connectivity index (χ1n) is 7.25. The molecule has 3 saturated carbocycles. The van der Waals surface area contributed by atoms with Crippen LogP contribution in [0, 0.1) is 23.7 Å². The van der Waals surface area contributed by atoms with Gasteiger partial charge in [-0.3, -0.25) is 4.79 Å². The third-order valence-electron chi connectivity index (χ3n) is 5.44. The Kier molecular flexibility index (Phi) is 4.75. The van der Waals surface area contributed by atoms with Crippen molar-refractivity contribution in [3.8, 4) is 0 Å². The van der Waals surface area contributed by atoms with Crippen molar-refractivity contribution < 1.29 is 9.53 Å². The lowest BCUT2D eigenvalue weighted by molar-refractivity contribution is -0.124. The quantitative estimate of drug-likeness (QED) is 0.820. The van der Waals surface area contributed by atoms with Crippen molar-refractivity contribution in [3.63, 3.8) is 0 Å². The SMILES string of the molecule is COCC(N)C(=O)NC1CC2CC1C1CCCC21.Cl. The molecule has 0 aromatic carbocycles. The van der Waals surface area contributed by atoms with E-state index in [2.05, 4.69) is 5.32 Å². The molecule has 1 amide bonds. The van der Waals surface area contributed by atoms with Gasteiger partial charge < -0.3 is 15.8 Å². The van der Waals surface area contributed by atoms with Gasteiger partial charge in [0.25, 0.3) is 0 Å². The first-order chi connectivity index (χ1) is 8.70. The lowest BCUT2D eigenvalue weighted by atomic mass is 9.79. The number of ether oxygens (including phenoxy) is 1. The Morgan fingerprint density at radius 2 is 2.05 bits per heavy atom. The molecular weight excluding hydrogens is 264 g/mol. The summed E-state index contributed by atoms with van der Waals surface area (Å²) in [5.41, 5.74) is 5.77. The van der Waals surface area contributed by atoms with Crippen LogP contribution in [0.25, 0.3) is 0 Å². The van der Waals surface area contributed by atoms with Crippen LogP contribution in [-0.4, -0.2) is 31.7 Å². The van der Waals surface area contributed by atoms with Gasteiger partial charge in [0.1, 0.15) is 6.04 Å². The summed E-state index contributed by atoms with van der Waals surface area (Å²) < 4.78 is 4.93. The lowest BCUT2D eigenvalue weighted by Gasteiger charge is -2.32. The molecule has 3 fully saturated rings. The Bertz CT molecular complexity index is 339. The Morgan fingerprint density at radius 3 is 2.79 bits per heavy atom. The summed E-state index contributed by atoms with van der Waals surface area (Å²) in [7, 11) is 1.58. The molecule has 2 bridgehead atoms. The number of carbonyl (C=O) groups is 1. The second-order valence-corrected chi connectivity index (χ2v) is 6.33. The maximum Gasteiger partial charge on any atom is 0.239 e. The normalized spacial score (nSPS) is 40.6. The van der Waals surface area contributed by atoms with Crippen molar-refractivity contribution in [2.45, 2.75) is 44.2 Å². The molecule has 0 aliphatic heterocycles. The summed E-state index contributed by atoms with van der Waals surface area (Å²) in [6.07, 6.45) is 6.71. The minimum atomic E-state index is -0.520. The molecule has 19 heavy (non-hydrogen) atoms. The minimum absolute atomic E-state index is 0. The zero-order valence-corrected chi connectivity index (χ0v) is 12.3. The maximum absolute atomic E-state index is 11.9. The Hall–Kier alpha value is -0.320. The minimum Gasteiger partial charge on any atom is -0.383 e. The number of nitrogens with one attached hydrogen (secondary N) is 1. The van der Waals surface area contributed by atoms with Gasteiger partial charge >= 0.3 is 0 Å². The topological polar surface area (TPSA) is 64.3 Å². The van der Waals surface area contributed by atoms with Crippen LogP contribution in [-0.2, 0) is 9.53 Å². The van der Waals surface area contributed by atoms with Crippen molar-refractivity contribution in [2.75, 3.05) is 13.7 Å². The fourth-order valence-electron chi connectivity index (χ4n) is 4.78. The van der Waals surface area contributed by atoms with Gasteiger partial charge in [0.2, 0.25) is 5.91 Å². The van der Waals surface area contributed by atoms with Gasteiger partial charge in [-0.15, -0.1) is 12.4 Å². The smallest absolute Gasteiger partial charge is 0.239 e. The number of hydrogen-bond donors (Lipinski definition) is 2. The molecule has 0 aromatic heterocycles. The van der Waals surface area contributed by atoms with Gasteiger partial charge in [0.05, 0.1) is 6.61 Å². The predicted octanol–water partition coefficient (Wildman–Crippen LogP) is 1.32. The highest BCUT2D eigenvalue weighted by Crippen LogP contribution is 2.58. The molecule has 110 valence electrons. The Labute approximate surface area is 121 Å². The third-order valence-corrected chi connectivity index (χ3v) is 5.44. The molecule has 6 unspecified atom stereocenters. The number of methoxy groups -OCH3 is 1. The van der Waals surface area contributed by atoms with Crippen LogP contribution in [0.5, 0.6) is 0 Å². The van der Waals surface area contributed by atoms with Gasteiger partial charge in [-0.1, -0.05) is 6.42 Å². The molecule has 0 spiro atoms. The number of rotatable bonds is 4. The standard InChI is InChI=1S/C14H24N2O2.ClH/c1-18-7-12(15)14(17)16-13-6-8-5-11(13)10-4-2-3-9(8)10;/h8-13H,2-7,15H2,1H3,(H,16,17);1H. The van der Waals surface area contributed by atoms with E-state index in [9.17, 15) is 4.79 Å². The second kappa shape index (κ2) is 5.98. The summed E-state index contributed by atoms with van der Waals surface area (Å²) in [4.78, 5) is 11.9. The molecule has 3 aliphatic rings. The largest absolute Gasteiger partial charge is 0.383 e. The highest BCUT2D eigenvalue weighted by molar-refractivity contribution is 5.85. The molecule has 5 heteroatoms. The first kappa shape index (κ1) is 15.1. The van der Waals surface area contributed by atoms with Gasteiger partial charge in [-0.05, 0) is 49.4 Å². The van der Waals surface area contributed by atoms with E-state index >= 15 is 0 Å². The van der Waals surface area contributed by atoms with Crippen LogP contribution < -0.4 is 11.1 Å². The van der Waals surface area contributed by atoms with Crippen LogP contribution in [0.2, 0.25) is 0 Å². The molecule has 4 nitrogen and oxygen atoms in total. The molecular formula is C14H25ClN2O2. The molecule has 0 heterocycles. The Morgan fingerprint density at radius 1 is 1.32 bits per heavy atom. The van der Waals surface area contributed by atoms with E-state index < -0.39 is 6.04 Å². The summed E-state index contributed by atoms with van der Waals surface area (Å²) in [5, 5.41) is 3.16. The number of halogens is 1. The monoisotopic (exact) mass is 288 g/mol. The third kappa shape index (κ3) is 2.63. The van der Waals surface area contributed by atoms with Gasteiger partial charge in [-0.2, -0.15) is 0 Å². The van der Waals surface area contributed by atoms with E-state index in [4.69, 9.17) is 10.5 Å². The summed E-state index contributed by atoms with van der Waals surface area (Å²) >= 11 is 0. The van der Waals surface area contributed by atoms with Crippen LogP contribution >= 0.6 is 12.4 Å². The zero-order chi connectivity index (χ0) is 12.7. The number of amides is 1. The van der Waals surface area contributed by atoms with Crippen molar-refractivity contribution in [2.24, 2.45) is 29.4 Å². The van der Waals surface area contributed by atoms with Gasteiger partial charge in [-0.25, -0.2) is 0 Å². The maximum atomic E-state index is 11.9. The van der Waals surface area contributed by atoms with E-state index in [-0.39, 0.29) is 18.3 Å². The molecule has 6 atom stereocenters. The highest BCUT2D eigenvalue weighted by Gasteiger charge is 2.54. The molecule has 3 aliphatic carbocycles. The first-order valence-corrected chi connectivity index (χ1v) is 7.25. The summed E-state index contributed by atoms with van der Waals surface area (Å²) in [6, 6.07) is -0.141. The molecule has 3 rings (SSSR count). The predicted molar refractivity (Wildman–Crippen MR) is 76.1 cm³/mol. The summed E-state index contributed by atoms with van der Waals surface area (Å²) in [6.45, 7) is 0.304. The molecule has 0 radical (unpaired) electrons. The van der Waals surface area contributed by atoms with Crippen molar-refractivity contribution in [1.29, 1.82) is 0 Å². The second-order valence-electron chi connectivity index (χ2n) is 6.33. The lowest BCUT2D eigenvalue weighted by Crippen LogP contribution is -2.50. The fraction of sp³-hybridized carbons (Fsp3) is 0.929. The van der Waals surface area contributed by atoms with Crippen LogP contribution in [0.15, 0.2) is 0 Å². The van der Waals surface area contributed by atoms with E-state index in [0.717, 1.165) is 23.7 Å². The fourth-order valence-corrected chi connectivity index (χ4v) is 4.78. The van der Waals surface area contributed by atoms with Crippen molar-refractivity contribution >= 4 is 18.3 Å². The van der Waals surface area contributed by atoms with Crippen molar-refractivity contribution in [3.05, 3.63) is 0 Å². The van der Waals surface area contributed by atoms with E-state index in [0.29, 0.717) is 12.6 Å². The van der Waals surface area contributed by atoms with Crippen molar-refractivity contribution in [1.82, 2.24) is 5.32 Å². The number of fused-ring (bicyclic) bond motifs is 5. The summed E-state index contributed by atoms with van der Waals surface area (Å²) in [5.74, 6) is 3.40. The average molecular weight is 289 g/mol. The van der Waals surface area contributed by atoms with E-state index in [1.165, 1.54) is 32.1 Å². The van der Waals surface area contributed by atoms with Crippen LogP contribution in [0.1, 0.15) is 32.1 Å². The number of nitrogens with two attached hydrogens (primary N) is 1. The molecule has 0 aromatic rings. The van der Waals surface area contributed by atoms with Gasteiger partial charge in [0.15, 0.2) is 0 Å². The average Bonchev–Trinajstić information content (AvgIpc) is 3.00. The van der Waals surface area contributed by atoms with E-state index in [1.54, 1.807) is 7.11 Å². The number of carbonyl (C=O) groups excluding carboxylic acids is 1. The zero-order valence-electron chi connectivity index (χ0n) is 11.5. The highest BCUT2D eigenvalue weighted by atomic mass is 35.5. The molecule has 0 saturated heterocycles.